The molecule has 0 N–H and O–H groups in total. The molecule has 0 bridgehead atoms. The van der Waals surface area contributed by atoms with E-state index >= 15 is 0 Å². The summed E-state index contributed by atoms with van der Waals surface area (Å²) in [4.78, 5) is 12.5. The standard InChI is InChI=1S/C26H33N5O/c1-20-7-11-30(12-8-20)26-24-19-29(18-21-5-3-2-4-6-21)10-9-22(24)23(17-27)25(28-26)31-13-15-32-16-14-31/h2-6,20H,7-16,18-19H2,1H3. The van der Waals surface area contributed by atoms with Gasteiger partial charge in [-0.05, 0) is 36.3 Å². The first-order valence-electron chi connectivity index (χ1n) is 12.0. The van der Waals surface area contributed by atoms with Crippen molar-refractivity contribution >= 4 is 11.6 Å². The van der Waals surface area contributed by atoms with Crippen molar-refractivity contribution in [2.24, 2.45) is 5.92 Å². The Morgan fingerprint density at radius 2 is 1.69 bits per heavy atom. The molecule has 168 valence electrons. The molecule has 32 heavy (non-hydrogen) atoms. The second-order valence-corrected chi connectivity index (χ2v) is 9.42. The molecule has 0 atom stereocenters. The van der Waals surface area contributed by atoms with E-state index in [1.165, 1.54) is 29.5 Å². The van der Waals surface area contributed by atoms with Crippen molar-refractivity contribution in [3.8, 4) is 6.07 Å². The molecule has 0 amide bonds. The summed E-state index contributed by atoms with van der Waals surface area (Å²) in [5.41, 5.74) is 4.62. The van der Waals surface area contributed by atoms with Crippen LogP contribution in [0.5, 0.6) is 0 Å². The molecule has 0 saturated carbocycles. The summed E-state index contributed by atoms with van der Waals surface area (Å²) in [6.45, 7) is 10.2. The first-order chi connectivity index (χ1) is 15.7. The number of morpholine rings is 1. The van der Waals surface area contributed by atoms with Gasteiger partial charge in [0.15, 0.2) is 0 Å². The first kappa shape index (κ1) is 21.2. The lowest BCUT2D eigenvalue weighted by molar-refractivity contribution is 0.122. The molecule has 2 saturated heterocycles. The number of hydrogen-bond donors (Lipinski definition) is 0. The normalized spacial score (nSPS) is 20.1. The lowest BCUT2D eigenvalue weighted by atomic mass is 9.93. The highest BCUT2D eigenvalue weighted by Gasteiger charge is 2.31. The molecule has 3 aliphatic rings. The highest BCUT2D eigenvalue weighted by Crippen LogP contribution is 2.37. The third kappa shape index (κ3) is 4.32. The maximum absolute atomic E-state index is 10.2. The van der Waals surface area contributed by atoms with Crippen LogP contribution in [0, 0.1) is 17.2 Å². The molecule has 2 aromatic rings. The molecule has 1 aromatic heterocycles. The van der Waals surface area contributed by atoms with E-state index in [0.29, 0.717) is 13.2 Å². The Kier molecular flexibility index (Phi) is 6.29. The summed E-state index contributed by atoms with van der Waals surface area (Å²) < 4.78 is 5.57. The van der Waals surface area contributed by atoms with Gasteiger partial charge < -0.3 is 14.5 Å². The van der Waals surface area contributed by atoms with Gasteiger partial charge in [0.2, 0.25) is 0 Å². The zero-order chi connectivity index (χ0) is 21.9. The molecule has 6 heteroatoms. The number of pyridine rings is 1. The van der Waals surface area contributed by atoms with Crippen molar-refractivity contribution < 1.29 is 4.74 Å². The molecular weight excluding hydrogens is 398 g/mol. The van der Waals surface area contributed by atoms with E-state index in [-0.39, 0.29) is 0 Å². The molecule has 3 aliphatic heterocycles. The smallest absolute Gasteiger partial charge is 0.149 e. The molecule has 1 aromatic carbocycles. The number of ether oxygens (including phenoxy) is 1. The van der Waals surface area contributed by atoms with Crippen LogP contribution < -0.4 is 9.80 Å². The number of rotatable bonds is 4. The van der Waals surface area contributed by atoms with Gasteiger partial charge in [0.25, 0.3) is 0 Å². The van der Waals surface area contributed by atoms with Crippen LogP contribution in [0.25, 0.3) is 0 Å². The Morgan fingerprint density at radius 3 is 2.41 bits per heavy atom. The van der Waals surface area contributed by atoms with Gasteiger partial charge in [-0.15, -0.1) is 0 Å². The van der Waals surface area contributed by atoms with E-state index in [2.05, 4.69) is 58.0 Å². The number of anilines is 2. The minimum absolute atomic E-state index is 0.699. The van der Waals surface area contributed by atoms with E-state index in [4.69, 9.17) is 9.72 Å². The van der Waals surface area contributed by atoms with Crippen molar-refractivity contribution in [3.05, 3.63) is 52.6 Å². The Hall–Kier alpha value is -2.62. The summed E-state index contributed by atoms with van der Waals surface area (Å²) >= 11 is 0. The summed E-state index contributed by atoms with van der Waals surface area (Å²) in [5.74, 6) is 2.76. The van der Waals surface area contributed by atoms with E-state index in [1.807, 2.05) is 0 Å². The number of benzene rings is 1. The lowest BCUT2D eigenvalue weighted by Crippen LogP contribution is -2.40. The second kappa shape index (κ2) is 9.48. The van der Waals surface area contributed by atoms with Crippen molar-refractivity contribution in [2.45, 2.75) is 39.3 Å². The van der Waals surface area contributed by atoms with Crippen LogP contribution in [0.2, 0.25) is 0 Å². The van der Waals surface area contributed by atoms with Gasteiger partial charge in [-0.3, -0.25) is 4.90 Å². The van der Waals surface area contributed by atoms with Crippen LogP contribution in [-0.4, -0.2) is 55.8 Å². The minimum Gasteiger partial charge on any atom is -0.378 e. The SMILES string of the molecule is CC1CCN(c2nc(N3CCOCC3)c(C#N)c3c2CN(Cc2ccccc2)CC3)CC1. The summed E-state index contributed by atoms with van der Waals surface area (Å²) in [6.07, 6.45) is 3.32. The Bertz CT molecular complexity index is 972. The molecule has 2 fully saturated rings. The summed E-state index contributed by atoms with van der Waals surface area (Å²) in [7, 11) is 0. The quantitative estimate of drug-likeness (QED) is 0.738. The molecule has 4 heterocycles. The van der Waals surface area contributed by atoms with E-state index in [0.717, 1.165) is 75.4 Å². The maximum Gasteiger partial charge on any atom is 0.149 e. The minimum atomic E-state index is 0.699. The van der Waals surface area contributed by atoms with Gasteiger partial charge in [0, 0.05) is 51.4 Å². The van der Waals surface area contributed by atoms with Crippen LogP contribution in [0.3, 0.4) is 0 Å². The molecule has 0 unspecified atom stereocenters. The Labute approximate surface area is 191 Å². The van der Waals surface area contributed by atoms with Crippen LogP contribution in [0.4, 0.5) is 11.6 Å². The van der Waals surface area contributed by atoms with Gasteiger partial charge in [-0.2, -0.15) is 5.26 Å². The van der Waals surface area contributed by atoms with E-state index < -0.39 is 0 Å². The van der Waals surface area contributed by atoms with Gasteiger partial charge in [0.05, 0.1) is 18.8 Å². The number of nitrogens with zero attached hydrogens (tertiary/aromatic N) is 5. The fraction of sp³-hybridized carbons (Fsp3) is 0.538. The maximum atomic E-state index is 10.2. The Balaban J connectivity index is 1.52. The number of aromatic nitrogens is 1. The van der Waals surface area contributed by atoms with E-state index in [9.17, 15) is 5.26 Å². The van der Waals surface area contributed by atoms with Gasteiger partial charge in [0.1, 0.15) is 17.7 Å². The van der Waals surface area contributed by atoms with Crippen LogP contribution in [0.15, 0.2) is 30.3 Å². The van der Waals surface area contributed by atoms with E-state index in [1.54, 1.807) is 0 Å². The zero-order valence-corrected chi connectivity index (χ0v) is 19.1. The fourth-order valence-corrected chi connectivity index (χ4v) is 5.24. The number of nitriles is 1. The topological polar surface area (TPSA) is 55.6 Å². The largest absolute Gasteiger partial charge is 0.378 e. The molecule has 0 spiro atoms. The van der Waals surface area contributed by atoms with Crippen molar-refractivity contribution in [2.75, 3.05) is 55.7 Å². The third-order valence-electron chi connectivity index (χ3n) is 7.19. The zero-order valence-electron chi connectivity index (χ0n) is 19.1. The number of fused-ring (bicyclic) bond motifs is 1. The Morgan fingerprint density at radius 1 is 0.969 bits per heavy atom. The van der Waals surface area contributed by atoms with Gasteiger partial charge in [-0.25, -0.2) is 4.98 Å². The average Bonchev–Trinajstić information content (AvgIpc) is 2.85. The van der Waals surface area contributed by atoms with Crippen molar-refractivity contribution in [3.63, 3.8) is 0 Å². The van der Waals surface area contributed by atoms with Gasteiger partial charge in [-0.1, -0.05) is 37.3 Å². The van der Waals surface area contributed by atoms with Crippen LogP contribution >= 0.6 is 0 Å². The highest BCUT2D eigenvalue weighted by atomic mass is 16.5. The fourth-order valence-electron chi connectivity index (χ4n) is 5.24. The number of hydrogen-bond acceptors (Lipinski definition) is 6. The molecule has 6 nitrogen and oxygen atoms in total. The molecule has 0 radical (unpaired) electrons. The predicted molar refractivity (Wildman–Crippen MR) is 127 cm³/mol. The van der Waals surface area contributed by atoms with Crippen LogP contribution in [-0.2, 0) is 24.2 Å². The van der Waals surface area contributed by atoms with Crippen molar-refractivity contribution in [1.29, 1.82) is 5.26 Å². The lowest BCUT2D eigenvalue weighted by Gasteiger charge is -2.38. The first-order valence-corrected chi connectivity index (χ1v) is 12.0. The molecular formula is C26H33N5O. The molecule has 5 rings (SSSR count). The second-order valence-electron chi connectivity index (χ2n) is 9.42. The monoisotopic (exact) mass is 431 g/mol. The average molecular weight is 432 g/mol. The van der Waals surface area contributed by atoms with Crippen LogP contribution in [0.1, 0.15) is 42.0 Å². The van der Waals surface area contributed by atoms with Crippen molar-refractivity contribution in [1.82, 2.24) is 9.88 Å². The predicted octanol–water partition coefficient (Wildman–Crippen LogP) is 3.58. The summed E-state index contributed by atoms with van der Waals surface area (Å²) in [5, 5.41) is 10.2. The summed E-state index contributed by atoms with van der Waals surface area (Å²) in [6, 6.07) is 13.2. The highest BCUT2D eigenvalue weighted by molar-refractivity contribution is 5.68. The number of piperidine rings is 1. The molecule has 0 aliphatic carbocycles. The third-order valence-corrected chi connectivity index (χ3v) is 7.19. The van der Waals surface area contributed by atoms with Gasteiger partial charge >= 0.3 is 0 Å².